The Morgan fingerprint density at radius 2 is 1.83 bits per heavy atom. The second-order valence-corrected chi connectivity index (χ2v) is 6.34. The topological polar surface area (TPSA) is 41.9 Å². The van der Waals surface area contributed by atoms with Crippen LogP contribution in [0.2, 0.25) is 0 Å². The lowest BCUT2D eigenvalue weighted by Gasteiger charge is -2.20. The van der Waals surface area contributed by atoms with Crippen LogP contribution in [0.4, 0.5) is 0 Å². The molecular weight excluding hydrogens is 302 g/mol. The van der Waals surface area contributed by atoms with Crippen molar-refractivity contribution in [2.45, 2.75) is 12.5 Å². The lowest BCUT2D eigenvalue weighted by Crippen LogP contribution is -2.20. The Hall–Kier alpha value is -2.04. The summed E-state index contributed by atoms with van der Waals surface area (Å²) in [5.41, 5.74) is 2.45. The highest BCUT2D eigenvalue weighted by atomic mass is 16.5. The van der Waals surface area contributed by atoms with Crippen molar-refractivity contribution in [2.75, 3.05) is 33.9 Å². The molecule has 1 fully saturated rings. The molecule has 0 spiro atoms. The normalized spacial score (nSPS) is 21.0. The zero-order valence-electron chi connectivity index (χ0n) is 14.3. The van der Waals surface area contributed by atoms with Crippen molar-refractivity contribution in [1.82, 2.24) is 4.90 Å². The number of aliphatic hydroxyl groups is 1. The van der Waals surface area contributed by atoms with E-state index in [0.29, 0.717) is 0 Å². The van der Waals surface area contributed by atoms with E-state index in [9.17, 15) is 5.11 Å². The van der Waals surface area contributed by atoms with Crippen molar-refractivity contribution in [3.05, 3.63) is 59.7 Å². The van der Waals surface area contributed by atoms with Crippen molar-refractivity contribution in [3.63, 3.8) is 0 Å². The average molecular weight is 327 g/mol. The first-order chi connectivity index (χ1) is 11.7. The smallest absolute Gasteiger partial charge is 0.126 e. The minimum atomic E-state index is 0.186. The van der Waals surface area contributed by atoms with Gasteiger partial charge in [0.05, 0.1) is 14.2 Å². The minimum absolute atomic E-state index is 0.186. The Bertz CT molecular complexity index is 659. The van der Waals surface area contributed by atoms with Gasteiger partial charge < -0.3 is 14.6 Å². The molecule has 1 aliphatic rings. The molecule has 0 aromatic heterocycles. The second-order valence-electron chi connectivity index (χ2n) is 6.34. The van der Waals surface area contributed by atoms with Crippen LogP contribution in [-0.4, -0.2) is 43.9 Å². The molecule has 0 bridgehead atoms. The first-order valence-electron chi connectivity index (χ1n) is 8.34. The molecule has 4 heteroatoms. The average Bonchev–Trinajstić information content (AvgIpc) is 3.04. The molecule has 1 aliphatic heterocycles. The fraction of sp³-hybridized carbons (Fsp3) is 0.400. The summed E-state index contributed by atoms with van der Waals surface area (Å²) in [4.78, 5) is 2.41. The predicted octanol–water partition coefficient (Wildman–Crippen LogP) is 2.91. The van der Waals surface area contributed by atoms with Gasteiger partial charge in [0.15, 0.2) is 0 Å². The zero-order valence-corrected chi connectivity index (χ0v) is 14.3. The van der Waals surface area contributed by atoms with Gasteiger partial charge in [0.25, 0.3) is 0 Å². The highest BCUT2D eigenvalue weighted by Gasteiger charge is 2.34. The van der Waals surface area contributed by atoms with Crippen molar-refractivity contribution in [1.29, 1.82) is 0 Å². The quantitative estimate of drug-likeness (QED) is 0.886. The molecule has 1 heterocycles. The molecular formula is C20H25NO3. The summed E-state index contributed by atoms with van der Waals surface area (Å²) in [7, 11) is 3.34. The van der Waals surface area contributed by atoms with Gasteiger partial charge in [-0.05, 0) is 17.2 Å². The molecule has 2 aromatic rings. The van der Waals surface area contributed by atoms with Crippen LogP contribution in [0.1, 0.15) is 17.0 Å². The maximum absolute atomic E-state index is 9.85. The molecule has 0 unspecified atom stereocenters. The van der Waals surface area contributed by atoms with Crippen LogP contribution >= 0.6 is 0 Å². The fourth-order valence-electron chi connectivity index (χ4n) is 3.59. The molecule has 0 radical (unpaired) electrons. The third-order valence-electron chi connectivity index (χ3n) is 4.84. The largest absolute Gasteiger partial charge is 0.497 e. The van der Waals surface area contributed by atoms with E-state index in [1.165, 1.54) is 5.56 Å². The Kier molecular flexibility index (Phi) is 5.38. The predicted molar refractivity (Wildman–Crippen MR) is 94.6 cm³/mol. The van der Waals surface area contributed by atoms with E-state index in [1.54, 1.807) is 14.2 Å². The summed E-state index contributed by atoms with van der Waals surface area (Å²) in [5, 5.41) is 9.85. The van der Waals surface area contributed by atoms with Gasteiger partial charge in [0, 0.05) is 44.1 Å². The molecule has 4 nitrogen and oxygen atoms in total. The van der Waals surface area contributed by atoms with Gasteiger partial charge in [-0.2, -0.15) is 0 Å². The lowest BCUT2D eigenvalue weighted by atomic mass is 9.89. The van der Waals surface area contributed by atoms with Gasteiger partial charge >= 0.3 is 0 Å². The fourth-order valence-corrected chi connectivity index (χ4v) is 3.59. The van der Waals surface area contributed by atoms with Crippen LogP contribution in [0.15, 0.2) is 48.5 Å². The van der Waals surface area contributed by atoms with Gasteiger partial charge in [-0.1, -0.05) is 36.4 Å². The van der Waals surface area contributed by atoms with Crippen LogP contribution < -0.4 is 9.47 Å². The number of rotatable bonds is 6. The molecule has 0 aliphatic carbocycles. The standard InChI is InChI=1S/C20H25NO3/c1-23-17-8-9-18(20(10-17)24-2)19-13-21(12-16(19)14-22)11-15-6-4-3-5-7-15/h3-10,16,19,22H,11-14H2,1-2H3/t16-,19+/m0/s1. The number of aliphatic hydroxyl groups excluding tert-OH is 1. The van der Waals surface area contributed by atoms with Crippen LogP contribution in [0.5, 0.6) is 11.5 Å². The summed E-state index contributed by atoms with van der Waals surface area (Å²) < 4.78 is 10.9. The Morgan fingerprint density at radius 1 is 1.04 bits per heavy atom. The van der Waals surface area contributed by atoms with Crippen LogP contribution in [0.25, 0.3) is 0 Å². The molecule has 0 amide bonds. The molecule has 2 aromatic carbocycles. The summed E-state index contributed by atoms with van der Waals surface area (Å²) in [5.74, 6) is 2.10. The summed E-state index contributed by atoms with van der Waals surface area (Å²) in [6.07, 6.45) is 0. The zero-order chi connectivity index (χ0) is 16.9. The van der Waals surface area contributed by atoms with E-state index < -0.39 is 0 Å². The first kappa shape index (κ1) is 16.8. The van der Waals surface area contributed by atoms with Crippen LogP contribution in [0.3, 0.4) is 0 Å². The molecule has 128 valence electrons. The van der Waals surface area contributed by atoms with E-state index in [1.807, 2.05) is 18.2 Å². The lowest BCUT2D eigenvalue weighted by molar-refractivity contribution is 0.213. The monoisotopic (exact) mass is 327 g/mol. The Morgan fingerprint density at radius 3 is 2.50 bits per heavy atom. The van der Waals surface area contributed by atoms with Gasteiger partial charge in [0.2, 0.25) is 0 Å². The first-order valence-corrected chi connectivity index (χ1v) is 8.34. The Balaban J connectivity index is 1.80. The SMILES string of the molecule is COc1ccc([C@@H]2CN(Cc3ccccc3)C[C@H]2CO)c(OC)c1. The molecule has 24 heavy (non-hydrogen) atoms. The third-order valence-corrected chi connectivity index (χ3v) is 4.84. The molecule has 1 saturated heterocycles. The highest BCUT2D eigenvalue weighted by molar-refractivity contribution is 5.43. The number of hydrogen-bond acceptors (Lipinski definition) is 4. The number of methoxy groups -OCH3 is 2. The van der Waals surface area contributed by atoms with E-state index in [-0.39, 0.29) is 18.4 Å². The van der Waals surface area contributed by atoms with Gasteiger partial charge in [-0.3, -0.25) is 4.90 Å². The molecule has 0 saturated carbocycles. The highest BCUT2D eigenvalue weighted by Crippen LogP contribution is 2.39. The van der Waals surface area contributed by atoms with Crippen molar-refractivity contribution >= 4 is 0 Å². The maximum atomic E-state index is 9.85. The summed E-state index contributed by atoms with van der Waals surface area (Å²) in [6.45, 7) is 2.91. The maximum Gasteiger partial charge on any atom is 0.126 e. The van der Waals surface area contributed by atoms with Crippen molar-refractivity contribution in [3.8, 4) is 11.5 Å². The number of benzene rings is 2. The van der Waals surface area contributed by atoms with Crippen molar-refractivity contribution < 1.29 is 14.6 Å². The third kappa shape index (κ3) is 3.55. The molecule has 3 rings (SSSR count). The van der Waals surface area contributed by atoms with E-state index in [4.69, 9.17) is 9.47 Å². The summed E-state index contributed by atoms with van der Waals surface area (Å²) in [6, 6.07) is 16.4. The van der Waals surface area contributed by atoms with E-state index in [0.717, 1.165) is 36.7 Å². The number of hydrogen-bond donors (Lipinski definition) is 1. The molecule has 2 atom stereocenters. The molecule has 1 N–H and O–H groups in total. The summed E-state index contributed by atoms with van der Waals surface area (Å²) >= 11 is 0. The van der Waals surface area contributed by atoms with Crippen LogP contribution in [0, 0.1) is 5.92 Å². The van der Waals surface area contributed by atoms with Crippen LogP contribution in [-0.2, 0) is 6.54 Å². The van der Waals surface area contributed by atoms with Gasteiger partial charge in [-0.15, -0.1) is 0 Å². The van der Waals surface area contributed by atoms with Gasteiger partial charge in [-0.25, -0.2) is 0 Å². The van der Waals surface area contributed by atoms with Gasteiger partial charge in [0.1, 0.15) is 11.5 Å². The number of nitrogens with zero attached hydrogens (tertiary/aromatic N) is 1. The Labute approximate surface area is 143 Å². The second kappa shape index (κ2) is 7.69. The number of ether oxygens (including phenoxy) is 2. The van der Waals surface area contributed by atoms with Crippen molar-refractivity contribution in [2.24, 2.45) is 5.92 Å². The van der Waals surface area contributed by atoms with E-state index in [2.05, 4.69) is 35.2 Å². The van der Waals surface area contributed by atoms with E-state index >= 15 is 0 Å². The number of likely N-dealkylation sites (tertiary alicyclic amines) is 1. The minimum Gasteiger partial charge on any atom is -0.497 e.